The fourth-order valence-electron chi connectivity index (χ4n) is 7.00. The fourth-order valence-corrected chi connectivity index (χ4v) is 7.00. The zero-order valence-corrected chi connectivity index (χ0v) is 17.0. The Morgan fingerprint density at radius 1 is 1.07 bits per heavy atom. The summed E-state index contributed by atoms with van der Waals surface area (Å²) in [5.74, 6) is 2.85. The van der Waals surface area contributed by atoms with Gasteiger partial charge < -0.3 is 5.32 Å². The molecule has 27 heavy (non-hydrogen) atoms. The highest BCUT2D eigenvalue weighted by Crippen LogP contribution is 2.60. The Kier molecular flexibility index (Phi) is 4.16. The van der Waals surface area contributed by atoms with E-state index in [1.54, 1.807) is 0 Å². The topological polar surface area (TPSA) is 32.3 Å². The highest BCUT2D eigenvalue weighted by Gasteiger charge is 2.54. The molecular weight excluding hydrogens is 332 g/mol. The summed E-state index contributed by atoms with van der Waals surface area (Å²) >= 11 is 0. The summed E-state index contributed by atoms with van der Waals surface area (Å²) in [7, 11) is 0. The van der Waals surface area contributed by atoms with E-state index in [1.807, 2.05) is 0 Å². The van der Waals surface area contributed by atoms with Crippen LogP contribution in [0.3, 0.4) is 0 Å². The molecule has 1 N–H and O–H groups in total. The molecule has 4 fully saturated rings. The number of fused-ring (bicyclic) bond motifs is 1. The predicted octanol–water partition coefficient (Wildman–Crippen LogP) is 4.16. The van der Waals surface area contributed by atoms with Crippen molar-refractivity contribution >= 4 is 5.91 Å². The Hall–Kier alpha value is -1.35. The average Bonchev–Trinajstić information content (AvgIpc) is 2.64. The molecule has 0 spiro atoms. The lowest BCUT2D eigenvalue weighted by atomic mass is 9.49. The molecule has 1 aromatic carbocycles. The van der Waals surface area contributed by atoms with E-state index >= 15 is 0 Å². The maximum atomic E-state index is 13.3. The van der Waals surface area contributed by atoms with Crippen LogP contribution < -0.4 is 5.32 Å². The molecule has 0 unspecified atom stereocenters. The maximum Gasteiger partial charge on any atom is 0.226 e. The van der Waals surface area contributed by atoms with E-state index in [0.29, 0.717) is 5.91 Å². The van der Waals surface area contributed by atoms with Gasteiger partial charge in [-0.05, 0) is 87.7 Å². The highest BCUT2D eigenvalue weighted by atomic mass is 16.2. The van der Waals surface area contributed by atoms with Crippen LogP contribution in [0.25, 0.3) is 0 Å². The van der Waals surface area contributed by atoms with Crippen molar-refractivity contribution in [3.05, 3.63) is 35.4 Å². The quantitative estimate of drug-likeness (QED) is 0.868. The highest BCUT2D eigenvalue weighted by molar-refractivity contribution is 5.83. The number of amides is 1. The van der Waals surface area contributed by atoms with Crippen molar-refractivity contribution in [1.82, 2.24) is 10.2 Å². The number of benzene rings is 1. The number of hydrogen-bond acceptors (Lipinski definition) is 2. The van der Waals surface area contributed by atoms with Gasteiger partial charge in [0.2, 0.25) is 5.91 Å². The second-order valence-corrected chi connectivity index (χ2v) is 10.6. The first-order chi connectivity index (χ1) is 12.9. The minimum atomic E-state index is -0.0284. The summed E-state index contributed by atoms with van der Waals surface area (Å²) in [6, 6.07) is 8.80. The monoisotopic (exact) mass is 366 g/mol. The molecule has 6 rings (SSSR count). The summed E-state index contributed by atoms with van der Waals surface area (Å²) < 4.78 is 0. The summed E-state index contributed by atoms with van der Waals surface area (Å²) in [4.78, 5) is 15.8. The minimum Gasteiger partial charge on any atom is -0.354 e. The van der Waals surface area contributed by atoms with Gasteiger partial charge in [0, 0.05) is 30.6 Å². The number of nitrogens with one attached hydrogen (secondary N) is 1. The van der Waals surface area contributed by atoms with Gasteiger partial charge in [-0.15, -0.1) is 0 Å². The molecule has 4 aliphatic carbocycles. The number of carbonyl (C=O) groups excluding carboxylic acids is 1. The lowest BCUT2D eigenvalue weighted by Crippen LogP contribution is -2.58. The summed E-state index contributed by atoms with van der Waals surface area (Å²) in [6.45, 7) is 7.42. The van der Waals surface area contributed by atoms with E-state index in [2.05, 4.69) is 48.3 Å². The van der Waals surface area contributed by atoms with Gasteiger partial charge >= 0.3 is 0 Å². The van der Waals surface area contributed by atoms with E-state index in [1.165, 1.54) is 30.4 Å². The number of rotatable bonds is 4. The molecule has 4 bridgehead atoms. The van der Waals surface area contributed by atoms with Gasteiger partial charge in [-0.2, -0.15) is 0 Å². The van der Waals surface area contributed by atoms with Gasteiger partial charge in [0.15, 0.2) is 0 Å². The van der Waals surface area contributed by atoms with Gasteiger partial charge in [0.1, 0.15) is 0 Å². The second-order valence-electron chi connectivity index (χ2n) is 10.6. The van der Waals surface area contributed by atoms with E-state index in [-0.39, 0.29) is 11.0 Å². The van der Waals surface area contributed by atoms with Gasteiger partial charge in [0.25, 0.3) is 0 Å². The second kappa shape index (κ2) is 6.34. The molecule has 1 aromatic rings. The third kappa shape index (κ3) is 3.12. The van der Waals surface area contributed by atoms with Crippen LogP contribution in [0.4, 0.5) is 0 Å². The first-order valence-corrected chi connectivity index (χ1v) is 11.0. The first kappa shape index (κ1) is 17.7. The molecule has 1 aliphatic heterocycles. The smallest absolute Gasteiger partial charge is 0.226 e. The molecule has 146 valence electrons. The van der Waals surface area contributed by atoms with E-state index < -0.39 is 0 Å². The molecule has 0 aromatic heterocycles. The molecule has 1 amide bonds. The van der Waals surface area contributed by atoms with Gasteiger partial charge in [-0.25, -0.2) is 0 Å². The van der Waals surface area contributed by atoms with Crippen molar-refractivity contribution < 1.29 is 4.79 Å². The van der Waals surface area contributed by atoms with E-state index in [9.17, 15) is 4.79 Å². The third-order valence-corrected chi connectivity index (χ3v) is 8.19. The average molecular weight is 367 g/mol. The zero-order chi connectivity index (χ0) is 18.6. The van der Waals surface area contributed by atoms with Crippen LogP contribution in [0.5, 0.6) is 0 Å². The Morgan fingerprint density at radius 3 is 2.30 bits per heavy atom. The Balaban J connectivity index is 1.24. The Morgan fingerprint density at radius 2 is 1.67 bits per heavy atom. The number of nitrogens with zero attached hydrogens (tertiary/aromatic N) is 1. The SMILES string of the molecule is CC(C)(CNC(=O)C12CC3CC(CC(C3)C1)C2)N1CCc2ccccc2C1. The maximum absolute atomic E-state index is 13.3. The van der Waals surface area contributed by atoms with Crippen molar-refractivity contribution in [3.63, 3.8) is 0 Å². The number of hydrogen-bond donors (Lipinski definition) is 1. The lowest BCUT2D eigenvalue weighted by Gasteiger charge is -2.56. The minimum absolute atomic E-state index is 0.00845. The summed E-state index contributed by atoms with van der Waals surface area (Å²) in [5, 5.41) is 3.42. The Bertz CT molecular complexity index is 702. The normalized spacial score (nSPS) is 35.1. The summed E-state index contributed by atoms with van der Waals surface area (Å²) in [6.07, 6.45) is 8.76. The van der Waals surface area contributed by atoms with Crippen LogP contribution in [0.2, 0.25) is 0 Å². The number of carbonyl (C=O) groups is 1. The largest absolute Gasteiger partial charge is 0.354 e. The van der Waals surface area contributed by atoms with Crippen molar-refractivity contribution in [2.75, 3.05) is 13.1 Å². The standard InChI is InChI=1S/C24H34N2O/c1-23(2,26-8-7-20-5-3-4-6-21(20)15-26)16-25-22(27)24-12-17-9-18(13-24)11-19(10-17)14-24/h3-6,17-19H,7-16H2,1-2H3,(H,25,27). The van der Waals surface area contributed by atoms with Crippen molar-refractivity contribution in [3.8, 4) is 0 Å². The van der Waals surface area contributed by atoms with Crippen LogP contribution in [0.1, 0.15) is 63.5 Å². The van der Waals surface area contributed by atoms with Crippen LogP contribution >= 0.6 is 0 Å². The molecule has 0 radical (unpaired) electrons. The van der Waals surface area contributed by atoms with E-state index in [4.69, 9.17) is 0 Å². The molecular formula is C24H34N2O. The molecule has 0 atom stereocenters. The molecule has 3 heteroatoms. The van der Waals surface area contributed by atoms with Crippen LogP contribution in [0, 0.1) is 23.2 Å². The van der Waals surface area contributed by atoms with Gasteiger partial charge in [-0.1, -0.05) is 24.3 Å². The van der Waals surface area contributed by atoms with Crippen molar-refractivity contribution in [2.45, 2.75) is 70.9 Å². The van der Waals surface area contributed by atoms with Crippen LogP contribution in [-0.2, 0) is 17.8 Å². The van der Waals surface area contributed by atoms with Crippen molar-refractivity contribution in [2.24, 2.45) is 23.2 Å². The molecule has 1 heterocycles. The summed E-state index contributed by atoms with van der Waals surface area (Å²) in [5.41, 5.74) is 2.90. The van der Waals surface area contributed by atoms with Crippen LogP contribution in [-0.4, -0.2) is 29.4 Å². The molecule has 4 saturated carbocycles. The predicted molar refractivity (Wildman–Crippen MR) is 108 cm³/mol. The van der Waals surface area contributed by atoms with Crippen molar-refractivity contribution in [1.29, 1.82) is 0 Å². The van der Waals surface area contributed by atoms with Gasteiger partial charge in [0.05, 0.1) is 0 Å². The van der Waals surface area contributed by atoms with Gasteiger partial charge in [-0.3, -0.25) is 9.69 Å². The molecule has 0 saturated heterocycles. The Labute approximate surface area is 163 Å². The third-order valence-electron chi connectivity index (χ3n) is 8.19. The fraction of sp³-hybridized carbons (Fsp3) is 0.708. The molecule has 3 nitrogen and oxygen atoms in total. The zero-order valence-electron chi connectivity index (χ0n) is 17.0. The molecule has 5 aliphatic rings. The lowest BCUT2D eigenvalue weighted by molar-refractivity contribution is -0.146. The van der Waals surface area contributed by atoms with E-state index in [0.717, 1.165) is 63.1 Å². The first-order valence-electron chi connectivity index (χ1n) is 11.0. The van der Waals surface area contributed by atoms with Crippen LogP contribution in [0.15, 0.2) is 24.3 Å².